The van der Waals surface area contributed by atoms with Crippen molar-refractivity contribution in [3.63, 3.8) is 0 Å². The average Bonchev–Trinajstić information content (AvgIpc) is 3.06. The van der Waals surface area contributed by atoms with Gasteiger partial charge in [-0.3, -0.25) is 9.89 Å². The molecule has 0 saturated carbocycles. The summed E-state index contributed by atoms with van der Waals surface area (Å²) in [6.07, 6.45) is 6.35. The average molecular weight is 338 g/mol. The summed E-state index contributed by atoms with van der Waals surface area (Å²) in [5.74, 6) is 0.862. The van der Waals surface area contributed by atoms with E-state index in [1.54, 1.807) is 11.3 Å². The highest BCUT2D eigenvalue weighted by Crippen LogP contribution is 2.18. The SMILES string of the molecule is CCc1nc(CNC(=NC)NCCN2CCCCC2CC)cs1. The van der Waals surface area contributed by atoms with Crippen LogP contribution in [0.5, 0.6) is 0 Å². The van der Waals surface area contributed by atoms with Crippen molar-refractivity contribution in [2.75, 3.05) is 26.7 Å². The normalized spacial score (nSPS) is 19.8. The Hall–Kier alpha value is -1.14. The van der Waals surface area contributed by atoms with Crippen LogP contribution in [0.25, 0.3) is 0 Å². The number of hydrogen-bond acceptors (Lipinski definition) is 4. The summed E-state index contributed by atoms with van der Waals surface area (Å²) in [5, 5.41) is 10.1. The van der Waals surface area contributed by atoms with Gasteiger partial charge in [0.25, 0.3) is 0 Å². The van der Waals surface area contributed by atoms with E-state index in [0.717, 1.165) is 43.8 Å². The van der Waals surface area contributed by atoms with Crippen LogP contribution in [-0.2, 0) is 13.0 Å². The molecule has 0 spiro atoms. The summed E-state index contributed by atoms with van der Waals surface area (Å²) in [4.78, 5) is 11.5. The molecular formula is C17H31N5S. The second-order valence-corrected chi connectivity index (χ2v) is 6.98. The number of aryl methyl sites for hydroxylation is 1. The zero-order chi connectivity index (χ0) is 16.5. The van der Waals surface area contributed by atoms with E-state index in [9.17, 15) is 0 Å². The van der Waals surface area contributed by atoms with Crippen LogP contribution in [0.4, 0.5) is 0 Å². The molecule has 0 amide bonds. The van der Waals surface area contributed by atoms with Crippen molar-refractivity contribution in [2.24, 2.45) is 4.99 Å². The standard InChI is InChI=1S/C17H31N5S/c1-4-15-8-6-7-10-22(15)11-9-19-17(18-3)20-12-14-13-23-16(5-2)21-14/h13,15H,4-12H2,1-3H3,(H2,18,19,20). The molecule has 1 aromatic heterocycles. The zero-order valence-corrected chi connectivity index (χ0v) is 15.6. The summed E-state index contributed by atoms with van der Waals surface area (Å²) in [6.45, 7) is 8.45. The number of guanidine groups is 1. The van der Waals surface area contributed by atoms with E-state index in [-0.39, 0.29) is 0 Å². The maximum absolute atomic E-state index is 4.57. The third-order valence-corrected chi connectivity index (χ3v) is 5.52. The molecule has 23 heavy (non-hydrogen) atoms. The number of aromatic nitrogens is 1. The summed E-state index contributed by atoms with van der Waals surface area (Å²) in [7, 11) is 1.82. The van der Waals surface area contributed by atoms with Crippen molar-refractivity contribution in [1.29, 1.82) is 0 Å². The summed E-state index contributed by atoms with van der Waals surface area (Å²) in [6, 6.07) is 0.767. The minimum atomic E-state index is 0.734. The summed E-state index contributed by atoms with van der Waals surface area (Å²) in [5.41, 5.74) is 1.09. The van der Waals surface area contributed by atoms with Crippen LogP contribution in [0.1, 0.15) is 50.2 Å². The highest BCUT2D eigenvalue weighted by Gasteiger charge is 2.19. The van der Waals surface area contributed by atoms with Gasteiger partial charge in [0, 0.05) is 31.6 Å². The fraction of sp³-hybridized carbons (Fsp3) is 0.765. The molecule has 5 nitrogen and oxygen atoms in total. The van der Waals surface area contributed by atoms with Crippen LogP contribution < -0.4 is 10.6 Å². The van der Waals surface area contributed by atoms with Crippen molar-refractivity contribution in [2.45, 2.75) is 58.5 Å². The number of hydrogen-bond donors (Lipinski definition) is 2. The Morgan fingerprint density at radius 2 is 2.26 bits per heavy atom. The molecule has 1 aliphatic heterocycles. The maximum Gasteiger partial charge on any atom is 0.191 e. The van der Waals surface area contributed by atoms with Gasteiger partial charge in [0.2, 0.25) is 0 Å². The fourth-order valence-electron chi connectivity index (χ4n) is 3.12. The van der Waals surface area contributed by atoms with Crippen molar-refractivity contribution in [1.82, 2.24) is 20.5 Å². The first kappa shape index (κ1) is 18.2. The molecule has 1 unspecified atom stereocenters. The second-order valence-electron chi connectivity index (χ2n) is 6.03. The second kappa shape index (κ2) is 9.88. The molecule has 2 heterocycles. The van der Waals surface area contributed by atoms with Gasteiger partial charge < -0.3 is 10.6 Å². The van der Waals surface area contributed by atoms with E-state index in [1.165, 1.54) is 37.2 Å². The van der Waals surface area contributed by atoms with Crippen molar-refractivity contribution < 1.29 is 0 Å². The van der Waals surface area contributed by atoms with Crippen molar-refractivity contribution in [3.8, 4) is 0 Å². The largest absolute Gasteiger partial charge is 0.355 e. The number of aliphatic imine (C=N–C) groups is 1. The van der Waals surface area contributed by atoms with E-state index >= 15 is 0 Å². The van der Waals surface area contributed by atoms with Gasteiger partial charge in [-0.05, 0) is 32.2 Å². The molecule has 0 bridgehead atoms. The highest BCUT2D eigenvalue weighted by atomic mass is 32.1. The quantitative estimate of drug-likeness (QED) is 0.593. The molecule has 1 atom stereocenters. The molecule has 2 rings (SSSR count). The van der Waals surface area contributed by atoms with Gasteiger partial charge in [-0.1, -0.05) is 20.3 Å². The molecule has 1 aliphatic rings. The molecule has 0 radical (unpaired) electrons. The Bertz CT molecular complexity index is 485. The molecule has 6 heteroatoms. The van der Waals surface area contributed by atoms with Crippen LogP contribution >= 0.6 is 11.3 Å². The summed E-state index contributed by atoms with van der Waals surface area (Å²) < 4.78 is 0. The topological polar surface area (TPSA) is 52.6 Å². The lowest BCUT2D eigenvalue weighted by atomic mass is 10.0. The van der Waals surface area contributed by atoms with E-state index in [2.05, 4.69) is 44.7 Å². The van der Waals surface area contributed by atoms with E-state index in [1.807, 2.05) is 7.05 Å². The molecule has 0 aromatic carbocycles. The number of likely N-dealkylation sites (tertiary alicyclic amines) is 1. The number of thiazole rings is 1. The predicted octanol–water partition coefficient (Wildman–Crippen LogP) is 2.64. The number of piperidine rings is 1. The Kier molecular flexibility index (Phi) is 7.82. The van der Waals surface area contributed by atoms with Crippen LogP contribution in [0.15, 0.2) is 10.4 Å². The number of nitrogens with zero attached hydrogens (tertiary/aromatic N) is 3. The van der Waals surface area contributed by atoms with Crippen LogP contribution in [-0.4, -0.2) is 48.6 Å². The number of rotatable bonds is 7. The van der Waals surface area contributed by atoms with Crippen LogP contribution in [0.2, 0.25) is 0 Å². The lowest BCUT2D eigenvalue weighted by Gasteiger charge is -2.35. The van der Waals surface area contributed by atoms with E-state index < -0.39 is 0 Å². The third kappa shape index (κ3) is 5.77. The lowest BCUT2D eigenvalue weighted by Crippen LogP contribution is -2.45. The molecule has 1 fully saturated rings. The Morgan fingerprint density at radius 1 is 1.39 bits per heavy atom. The van der Waals surface area contributed by atoms with Gasteiger partial charge >= 0.3 is 0 Å². The van der Waals surface area contributed by atoms with Gasteiger partial charge in [0.1, 0.15) is 0 Å². The van der Waals surface area contributed by atoms with E-state index in [4.69, 9.17) is 0 Å². The first-order valence-corrected chi connectivity index (χ1v) is 9.76. The first-order chi connectivity index (χ1) is 11.3. The monoisotopic (exact) mass is 337 g/mol. The predicted molar refractivity (Wildman–Crippen MR) is 99.2 cm³/mol. The highest BCUT2D eigenvalue weighted by molar-refractivity contribution is 7.09. The van der Waals surface area contributed by atoms with Crippen molar-refractivity contribution >= 4 is 17.3 Å². The molecule has 130 valence electrons. The van der Waals surface area contributed by atoms with Gasteiger partial charge in [-0.25, -0.2) is 4.98 Å². The fourth-order valence-corrected chi connectivity index (χ4v) is 3.87. The van der Waals surface area contributed by atoms with Crippen LogP contribution in [0, 0.1) is 0 Å². The van der Waals surface area contributed by atoms with Gasteiger partial charge in [0.05, 0.1) is 17.2 Å². The Labute approximate surface area is 144 Å². The minimum absolute atomic E-state index is 0.734. The minimum Gasteiger partial charge on any atom is -0.355 e. The molecule has 2 N–H and O–H groups in total. The van der Waals surface area contributed by atoms with E-state index in [0.29, 0.717) is 0 Å². The van der Waals surface area contributed by atoms with Gasteiger partial charge in [-0.2, -0.15) is 0 Å². The molecule has 1 saturated heterocycles. The Morgan fingerprint density at radius 3 is 2.96 bits per heavy atom. The lowest BCUT2D eigenvalue weighted by molar-refractivity contribution is 0.147. The molecular weight excluding hydrogens is 306 g/mol. The third-order valence-electron chi connectivity index (χ3n) is 4.47. The summed E-state index contributed by atoms with van der Waals surface area (Å²) >= 11 is 1.73. The maximum atomic E-state index is 4.57. The number of nitrogens with one attached hydrogen (secondary N) is 2. The first-order valence-electron chi connectivity index (χ1n) is 8.88. The molecule has 1 aromatic rings. The van der Waals surface area contributed by atoms with Gasteiger partial charge in [-0.15, -0.1) is 11.3 Å². The van der Waals surface area contributed by atoms with Gasteiger partial charge in [0.15, 0.2) is 5.96 Å². The van der Waals surface area contributed by atoms with Crippen molar-refractivity contribution in [3.05, 3.63) is 16.1 Å². The zero-order valence-electron chi connectivity index (χ0n) is 14.8. The van der Waals surface area contributed by atoms with Crippen LogP contribution in [0.3, 0.4) is 0 Å². The smallest absolute Gasteiger partial charge is 0.191 e. The Balaban J connectivity index is 1.70. The molecule has 0 aliphatic carbocycles.